The van der Waals surface area contributed by atoms with Gasteiger partial charge in [-0.25, -0.2) is 14.8 Å². The molecule has 4 rings (SSSR count). The van der Waals surface area contributed by atoms with Crippen molar-refractivity contribution in [1.29, 1.82) is 0 Å². The van der Waals surface area contributed by atoms with Gasteiger partial charge in [0.15, 0.2) is 10.9 Å². The van der Waals surface area contributed by atoms with Gasteiger partial charge in [-0.1, -0.05) is 12.1 Å². The Morgan fingerprint density at radius 1 is 1.17 bits per heavy atom. The van der Waals surface area contributed by atoms with Crippen LogP contribution in [0.1, 0.15) is 11.3 Å². The van der Waals surface area contributed by atoms with E-state index in [0.717, 1.165) is 23.5 Å². The molecule has 1 aliphatic heterocycles. The summed E-state index contributed by atoms with van der Waals surface area (Å²) in [6.45, 7) is 2.82. The van der Waals surface area contributed by atoms with E-state index in [4.69, 9.17) is 0 Å². The Morgan fingerprint density at radius 2 is 1.97 bits per heavy atom. The molecule has 156 valence electrons. The minimum Gasteiger partial charge on any atom is -0.370 e. The highest BCUT2D eigenvalue weighted by Gasteiger charge is 2.31. The maximum absolute atomic E-state index is 13.1. The van der Waals surface area contributed by atoms with E-state index in [1.54, 1.807) is 18.2 Å². The van der Waals surface area contributed by atoms with Gasteiger partial charge in [0, 0.05) is 31.1 Å². The lowest BCUT2D eigenvalue weighted by atomic mass is 10.1. The van der Waals surface area contributed by atoms with Crippen LogP contribution in [0.15, 0.2) is 41.8 Å². The molecule has 2 amide bonds. The minimum absolute atomic E-state index is 0.330. The standard InChI is InChI=1S/C20H18F3N5OS/c1-12-11-30-18(24-12)26-19(29)28-9-8-27(2)16-7-6-15(25-17(16)28)13-4-3-5-14(10-13)20(21,22)23/h3-7,10-11H,8-9H2,1-2H3,(H,24,26,29). The lowest BCUT2D eigenvalue weighted by molar-refractivity contribution is -0.137. The first-order chi connectivity index (χ1) is 14.2. The van der Waals surface area contributed by atoms with Crippen LogP contribution in [-0.4, -0.2) is 36.1 Å². The monoisotopic (exact) mass is 433 g/mol. The second kappa shape index (κ2) is 7.60. The average molecular weight is 433 g/mol. The molecule has 0 fully saturated rings. The largest absolute Gasteiger partial charge is 0.416 e. The van der Waals surface area contributed by atoms with Crippen molar-refractivity contribution in [3.63, 3.8) is 0 Å². The van der Waals surface area contributed by atoms with Gasteiger partial charge in [0.05, 0.1) is 22.6 Å². The first-order valence-electron chi connectivity index (χ1n) is 9.13. The summed E-state index contributed by atoms with van der Waals surface area (Å²) in [6, 6.07) is 8.05. The number of aromatic nitrogens is 2. The molecule has 3 heterocycles. The summed E-state index contributed by atoms with van der Waals surface area (Å²) in [6.07, 6.45) is -4.44. The van der Waals surface area contributed by atoms with Crippen LogP contribution in [0.5, 0.6) is 0 Å². The Hall–Kier alpha value is -3.14. The minimum atomic E-state index is -4.44. The van der Waals surface area contributed by atoms with E-state index in [-0.39, 0.29) is 6.03 Å². The Bertz CT molecular complexity index is 1100. The molecule has 2 aromatic heterocycles. The summed E-state index contributed by atoms with van der Waals surface area (Å²) >= 11 is 1.32. The molecule has 6 nitrogen and oxygen atoms in total. The summed E-state index contributed by atoms with van der Waals surface area (Å²) in [5.41, 5.74) is 1.47. The highest BCUT2D eigenvalue weighted by Crippen LogP contribution is 2.36. The maximum atomic E-state index is 13.1. The van der Waals surface area contributed by atoms with Crippen LogP contribution in [0.4, 0.5) is 34.6 Å². The highest BCUT2D eigenvalue weighted by atomic mass is 32.1. The quantitative estimate of drug-likeness (QED) is 0.617. The number of hydrogen-bond donors (Lipinski definition) is 1. The van der Waals surface area contributed by atoms with Crippen molar-refractivity contribution in [3.05, 3.63) is 53.0 Å². The zero-order valence-electron chi connectivity index (χ0n) is 16.2. The Labute approximate surface area is 175 Å². The van der Waals surface area contributed by atoms with E-state index in [1.165, 1.54) is 22.3 Å². The van der Waals surface area contributed by atoms with E-state index >= 15 is 0 Å². The molecule has 1 aromatic carbocycles. The fourth-order valence-corrected chi connectivity index (χ4v) is 3.88. The number of pyridine rings is 1. The number of carbonyl (C=O) groups excluding carboxylic acids is 1. The highest BCUT2D eigenvalue weighted by molar-refractivity contribution is 7.13. The third kappa shape index (κ3) is 3.95. The van der Waals surface area contributed by atoms with Gasteiger partial charge in [-0.2, -0.15) is 13.2 Å². The number of urea groups is 1. The normalized spacial score (nSPS) is 13.9. The molecule has 0 bridgehead atoms. The van der Waals surface area contributed by atoms with Gasteiger partial charge in [-0.15, -0.1) is 11.3 Å². The SMILES string of the molecule is Cc1csc(NC(=O)N2CCN(C)c3ccc(-c4cccc(C(F)(F)F)c4)nc32)n1. The number of hydrogen-bond acceptors (Lipinski definition) is 5. The topological polar surface area (TPSA) is 61.4 Å². The number of aryl methyl sites for hydroxylation is 1. The number of alkyl halides is 3. The van der Waals surface area contributed by atoms with Crippen molar-refractivity contribution in [2.75, 3.05) is 35.3 Å². The zero-order valence-corrected chi connectivity index (χ0v) is 17.0. The Morgan fingerprint density at radius 3 is 2.67 bits per heavy atom. The number of halogens is 3. The molecular formula is C20H18F3N5OS. The van der Waals surface area contributed by atoms with Crippen molar-refractivity contribution in [2.45, 2.75) is 13.1 Å². The predicted molar refractivity (Wildman–Crippen MR) is 111 cm³/mol. The fraction of sp³-hybridized carbons (Fsp3) is 0.250. The molecule has 0 saturated carbocycles. The molecular weight excluding hydrogens is 415 g/mol. The number of benzene rings is 1. The van der Waals surface area contributed by atoms with Crippen LogP contribution in [-0.2, 0) is 6.18 Å². The summed E-state index contributed by atoms with van der Waals surface area (Å²) in [5, 5.41) is 5.07. The summed E-state index contributed by atoms with van der Waals surface area (Å²) in [5.74, 6) is 0.393. The summed E-state index contributed by atoms with van der Waals surface area (Å²) in [7, 11) is 1.88. The molecule has 1 aliphatic rings. The van der Waals surface area contributed by atoms with Crippen LogP contribution in [0, 0.1) is 6.92 Å². The van der Waals surface area contributed by atoms with Gasteiger partial charge >= 0.3 is 12.2 Å². The molecule has 0 unspecified atom stereocenters. The first-order valence-corrected chi connectivity index (χ1v) is 10.0. The molecule has 0 aliphatic carbocycles. The molecule has 10 heteroatoms. The maximum Gasteiger partial charge on any atom is 0.416 e. The average Bonchev–Trinajstić information content (AvgIpc) is 3.12. The zero-order chi connectivity index (χ0) is 21.5. The number of nitrogens with one attached hydrogen (secondary N) is 1. The van der Waals surface area contributed by atoms with Crippen molar-refractivity contribution < 1.29 is 18.0 Å². The van der Waals surface area contributed by atoms with Crippen LogP contribution in [0.2, 0.25) is 0 Å². The van der Waals surface area contributed by atoms with E-state index in [2.05, 4.69) is 15.3 Å². The molecule has 0 atom stereocenters. The van der Waals surface area contributed by atoms with E-state index in [0.29, 0.717) is 35.3 Å². The number of rotatable bonds is 2. The van der Waals surface area contributed by atoms with Crippen LogP contribution < -0.4 is 15.1 Å². The van der Waals surface area contributed by atoms with Gasteiger partial charge in [-0.3, -0.25) is 10.2 Å². The van der Waals surface area contributed by atoms with Gasteiger partial charge < -0.3 is 4.90 Å². The van der Waals surface area contributed by atoms with Crippen molar-refractivity contribution in [1.82, 2.24) is 9.97 Å². The smallest absolute Gasteiger partial charge is 0.370 e. The molecule has 0 spiro atoms. The predicted octanol–water partition coefficient (Wildman–Crippen LogP) is 5.02. The van der Waals surface area contributed by atoms with Crippen molar-refractivity contribution in [3.8, 4) is 11.3 Å². The van der Waals surface area contributed by atoms with Crippen molar-refractivity contribution >= 4 is 34.0 Å². The molecule has 3 aromatic rings. The van der Waals surface area contributed by atoms with E-state index in [1.807, 2.05) is 24.3 Å². The van der Waals surface area contributed by atoms with E-state index < -0.39 is 11.7 Å². The third-order valence-electron chi connectivity index (χ3n) is 4.74. The Kier molecular flexibility index (Phi) is 5.10. The fourth-order valence-electron chi connectivity index (χ4n) is 3.20. The number of carbonyl (C=O) groups is 1. The number of fused-ring (bicyclic) bond motifs is 1. The summed E-state index contributed by atoms with van der Waals surface area (Å²) < 4.78 is 39.3. The number of thiazole rings is 1. The van der Waals surface area contributed by atoms with Crippen LogP contribution >= 0.6 is 11.3 Å². The summed E-state index contributed by atoms with van der Waals surface area (Å²) in [4.78, 5) is 25.1. The van der Waals surface area contributed by atoms with Crippen LogP contribution in [0.3, 0.4) is 0 Å². The number of likely N-dealkylation sites (N-methyl/N-ethyl adjacent to an activating group) is 1. The van der Waals surface area contributed by atoms with Gasteiger partial charge in [0.1, 0.15) is 0 Å². The second-order valence-corrected chi connectivity index (χ2v) is 7.77. The molecule has 1 N–H and O–H groups in total. The number of anilines is 3. The van der Waals surface area contributed by atoms with Gasteiger partial charge in [-0.05, 0) is 31.2 Å². The molecule has 0 radical (unpaired) electrons. The van der Waals surface area contributed by atoms with Crippen molar-refractivity contribution in [2.24, 2.45) is 0 Å². The molecule has 30 heavy (non-hydrogen) atoms. The number of nitrogens with zero attached hydrogens (tertiary/aromatic N) is 4. The third-order valence-corrected chi connectivity index (χ3v) is 5.62. The molecule has 0 saturated heterocycles. The van der Waals surface area contributed by atoms with Crippen LogP contribution in [0.25, 0.3) is 11.3 Å². The van der Waals surface area contributed by atoms with E-state index in [9.17, 15) is 18.0 Å². The Balaban J connectivity index is 1.69. The lowest BCUT2D eigenvalue weighted by Crippen LogP contribution is -2.45. The second-order valence-electron chi connectivity index (χ2n) is 6.92. The van der Waals surface area contributed by atoms with Gasteiger partial charge in [0.25, 0.3) is 0 Å². The first kappa shape index (κ1) is 20.1. The van der Waals surface area contributed by atoms with Gasteiger partial charge in [0.2, 0.25) is 0 Å². The lowest BCUT2D eigenvalue weighted by Gasteiger charge is -2.34. The number of amides is 2.